The second-order valence-corrected chi connectivity index (χ2v) is 4.48. The number of hydrogen-bond donors (Lipinski definition) is 1. The van der Waals surface area contributed by atoms with E-state index >= 15 is 0 Å². The molecule has 2 rings (SSSR count). The average molecular weight is 292 g/mol. The number of carbonyl (C=O) groups excluding carboxylic acids is 1. The number of nitrogens with zero attached hydrogens (tertiary/aromatic N) is 2. The fourth-order valence-corrected chi connectivity index (χ4v) is 1.87. The third kappa shape index (κ3) is 2.92. The molecule has 0 aliphatic heterocycles. The number of halogens is 1. The van der Waals surface area contributed by atoms with Gasteiger partial charge in [-0.05, 0) is 30.7 Å². The molecule has 102 valence electrons. The molecule has 0 aliphatic carbocycles. The summed E-state index contributed by atoms with van der Waals surface area (Å²) in [5, 5.41) is 13.4. The molecule has 0 atom stereocenters. The third-order valence-electron chi connectivity index (χ3n) is 2.66. The van der Waals surface area contributed by atoms with Crippen LogP contribution in [-0.2, 0) is 0 Å². The van der Waals surface area contributed by atoms with Crippen LogP contribution in [0.3, 0.4) is 0 Å². The van der Waals surface area contributed by atoms with Crippen LogP contribution in [0.2, 0.25) is 5.02 Å². The summed E-state index contributed by atoms with van der Waals surface area (Å²) < 4.78 is 0. The lowest BCUT2D eigenvalue weighted by Gasteiger charge is -2.09. The van der Waals surface area contributed by atoms with Crippen molar-refractivity contribution in [3.63, 3.8) is 0 Å². The molecule has 0 saturated heterocycles. The minimum atomic E-state index is -0.567. The molecule has 0 spiro atoms. The predicted molar refractivity (Wildman–Crippen MR) is 75.0 cm³/mol. The Morgan fingerprint density at radius 2 is 2.20 bits per heavy atom. The molecule has 0 bridgehead atoms. The summed E-state index contributed by atoms with van der Waals surface area (Å²) in [7, 11) is 0. The summed E-state index contributed by atoms with van der Waals surface area (Å²) >= 11 is 5.82. The van der Waals surface area contributed by atoms with E-state index in [1.807, 2.05) is 0 Å². The van der Waals surface area contributed by atoms with Gasteiger partial charge in [0.1, 0.15) is 5.02 Å². The number of anilines is 1. The minimum Gasteiger partial charge on any atom is -0.322 e. The summed E-state index contributed by atoms with van der Waals surface area (Å²) in [6.45, 7) is 1.65. The number of benzene rings is 1. The lowest BCUT2D eigenvalue weighted by Crippen LogP contribution is -2.13. The fraction of sp³-hybridized carbons (Fsp3) is 0.0769. The quantitative estimate of drug-likeness (QED) is 0.695. The molecular weight excluding hydrogens is 282 g/mol. The van der Waals surface area contributed by atoms with Crippen LogP contribution in [0.5, 0.6) is 0 Å². The lowest BCUT2D eigenvalue weighted by atomic mass is 10.1. The lowest BCUT2D eigenvalue weighted by molar-refractivity contribution is -0.384. The van der Waals surface area contributed by atoms with Crippen molar-refractivity contribution in [3.8, 4) is 0 Å². The van der Waals surface area contributed by atoms with E-state index in [-0.39, 0.29) is 16.6 Å². The average Bonchev–Trinajstić information content (AvgIpc) is 2.43. The Bertz CT molecular complexity index is 674. The maximum Gasteiger partial charge on any atom is 0.288 e. The zero-order valence-electron chi connectivity index (χ0n) is 10.5. The Balaban J connectivity index is 2.29. The van der Waals surface area contributed by atoms with Crippen molar-refractivity contribution in [2.45, 2.75) is 6.92 Å². The number of nitro groups is 1. The SMILES string of the molecule is Cc1cc([N+](=O)[O-])c(Cl)cc1NC(=O)c1cccnc1. The molecule has 0 radical (unpaired) electrons. The van der Waals surface area contributed by atoms with Crippen molar-refractivity contribution in [1.82, 2.24) is 4.98 Å². The summed E-state index contributed by atoms with van der Waals surface area (Å²) in [5.74, 6) is -0.355. The highest BCUT2D eigenvalue weighted by atomic mass is 35.5. The summed E-state index contributed by atoms with van der Waals surface area (Å²) in [4.78, 5) is 26.0. The van der Waals surface area contributed by atoms with E-state index in [0.717, 1.165) is 0 Å². The zero-order chi connectivity index (χ0) is 14.7. The molecular formula is C13H10ClN3O3. The van der Waals surface area contributed by atoms with Gasteiger partial charge >= 0.3 is 0 Å². The van der Waals surface area contributed by atoms with E-state index in [9.17, 15) is 14.9 Å². The van der Waals surface area contributed by atoms with E-state index in [1.54, 1.807) is 25.3 Å². The van der Waals surface area contributed by atoms with Crippen molar-refractivity contribution in [3.05, 3.63) is 62.9 Å². The van der Waals surface area contributed by atoms with Crippen LogP contribution in [-0.4, -0.2) is 15.8 Å². The number of amides is 1. The van der Waals surface area contributed by atoms with E-state index < -0.39 is 4.92 Å². The molecule has 0 saturated carbocycles. The van der Waals surface area contributed by atoms with Gasteiger partial charge in [-0.2, -0.15) is 0 Å². The maximum atomic E-state index is 12.0. The molecule has 7 heteroatoms. The summed E-state index contributed by atoms with van der Waals surface area (Å²) in [6.07, 6.45) is 2.99. The Kier molecular flexibility index (Phi) is 3.95. The molecule has 1 heterocycles. The van der Waals surface area contributed by atoms with Crippen LogP contribution in [0.15, 0.2) is 36.7 Å². The van der Waals surface area contributed by atoms with Gasteiger partial charge in [-0.25, -0.2) is 0 Å². The first kappa shape index (κ1) is 14.0. The van der Waals surface area contributed by atoms with Crippen LogP contribution in [0.4, 0.5) is 11.4 Å². The van der Waals surface area contributed by atoms with Crippen molar-refractivity contribution in [1.29, 1.82) is 0 Å². The highest BCUT2D eigenvalue weighted by Crippen LogP contribution is 2.30. The Morgan fingerprint density at radius 1 is 1.45 bits per heavy atom. The van der Waals surface area contributed by atoms with Gasteiger partial charge in [0, 0.05) is 24.1 Å². The number of nitro benzene ring substituents is 1. The summed E-state index contributed by atoms with van der Waals surface area (Å²) in [5.41, 5.74) is 1.18. The molecule has 1 aromatic heterocycles. The van der Waals surface area contributed by atoms with Gasteiger partial charge in [0.25, 0.3) is 11.6 Å². The van der Waals surface area contributed by atoms with E-state index in [4.69, 9.17) is 11.6 Å². The molecule has 1 N–H and O–H groups in total. The first-order valence-electron chi connectivity index (χ1n) is 5.65. The predicted octanol–water partition coefficient (Wildman–Crippen LogP) is 3.20. The molecule has 2 aromatic rings. The Morgan fingerprint density at radius 3 is 2.80 bits per heavy atom. The van der Waals surface area contributed by atoms with Gasteiger partial charge < -0.3 is 5.32 Å². The summed E-state index contributed by atoms with van der Waals surface area (Å²) in [6, 6.07) is 5.94. The van der Waals surface area contributed by atoms with Crippen LogP contribution in [0.25, 0.3) is 0 Å². The van der Waals surface area contributed by atoms with E-state index in [0.29, 0.717) is 16.8 Å². The Labute approximate surface area is 119 Å². The monoisotopic (exact) mass is 291 g/mol. The largest absolute Gasteiger partial charge is 0.322 e. The first-order chi connectivity index (χ1) is 9.49. The van der Waals surface area contributed by atoms with Crippen LogP contribution in [0.1, 0.15) is 15.9 Å². The topological polar surface area (TPSA) is 85.1 Å². The standard InChI is InChI=1S/C13H10ClN3O3/c1-8-5-12(17(19)20)10(14)6-11(8)16-13(18)9-3-2-4-15-7-9/h2-7H,1H3,(H,16,18). The smallest absolute Gasteiger partial charge is 0.288 e. The van der Waals surface area contributed by atoms with Crippen molar-refractivity contribution in [2.24, 2.45) is 0 Å². The maximum absolute atomic E-state index is 12.0. The van der Waals surface area contributed by atoms with Crippen LogP contribution in [0, 0.1) is 17.0 Å². The molecule has 0 fully saturated rings. The Hall–Kier alpha value is -2.47. The molecule has 6 nitrogen and oxygen atoms in total. The number of carbonyl (C=O) groups is 1. The zero-order valence-corrected chi connectivity index (χ0v) is 11.2. The van der Waals surface area contributed by atoms with Crippen molar-refractivity contribution >= 4 is 28.9 Å². The minimum absolute atomic E-state index is 0.0258. The van der Waals surface area contributed by atoms with Crippen molar-refractivity contribution in [2.75, 3.05) is 5.32 Å². The van der Waals surface area contributed by atoms with E-state index in [2.05, 4.69) is 10.3 Å². The van der Waals surface area contributed by atoms with Gasteiger partial charge in [-0.1, -0.05) is 11.6 Å². The number of pyridine rings is 1. The van der Waals surface area contributed by atoms with Gasteiger partial charge in [0.15, 0.2) is 0 Å². The van der Waals surface area contributed by atoms with Gasteiger partial charge in [0.05, 0.1) is 10.5 Å². The van der Waals surface area contributed by atoms with Crippen molar-refractivity contribution < 1.29 is 9.72 Å². The van der Waals surface area contributed by atoms with Crippen LogP contribution >= 0.6 is 11.6 Å². The van der Waals surface area contributed by atoms with Crippen LogP contribution < -0.4 is 5.32 Å². The number of aromatic nitrogens is 1. The second kappa shape index (κ2) is 5.66. The second-order valence-electron chi connectivity index (χ2n) is 4.07. The number of hydrogen-bond acceptors (Lipinski definition) is 4. The van der Waals surface area contributed by atoms with Gasteiger partial charge in [0.2, 0.25) is 0 Å². The molecule has 1 amide bonds. The fourth-order valence-electron chi connectivity index (χ4n) is 1.63. The van der Waals surface area contributed by atoms with E-state index in [1.165, 1.54) is 18.3 Å². The normalized spacial score (nSPS) is 10.1. The van der Waals surface area contributed by atoms with Gasteiger partial charge in [-0.3, -0.25) is 19.9 Å². The molecule has 0 aliphatic rings. The molecule has 20 heavy (non-hydrogen) atoms. The number of rotatable bonds is 3. The third-order valence-corrected chi connectivity index (χ3v) is 2.97. The molecule has 0 unspecified atom stereocenters. The highest BCUT2D eigenvalue weighted by molar-refractivity contribution is 6.33. The number of nitrogens with one attached hydrogen (secondary N) is 1. The van der Waals surface area contributed by atoms with Gasteiger partial charge in [-0.15, -0.1) is 0 Å². The first-order valence-corrected chi connectivity index (χ1v) is 6.02. The number of aryl methyl sites for hydroxylation is 1. The highest BCUT2D eigenvalue weighted by Gasteiger charge is 2.16. The molecule has 1 aromatic carbocycles.